The molecule has 38 heavy (non-hydrogen) atoms. The van der Waals surface area contributed by atoms with Crippen molar-refractivity contribution in [3.05, 3.63) is 126 Å². The Balaban J connectivity index is 1.54. The summed E-state index contributed by atoms with van der Waals surface area (Å²) in [5.74, 6) is 1.57. The van der Waals surface area contributed by atoms with Crippen LogP contribution in [0, 0.1) is 0 Å². The van der Waals surface area contributed by atoms with Crippen molar-refractivity contribution < 1.29 is 9.53 Å². The summed E-state index contributed by atoms with van der Waals surface area (Å²) in [6.45, 7) is 2.50. The van der Waals surface area contributed by atoms with Gasteiger partial charge in [-0.25, -0.2) is 9.48 Å². The molecule has 0 spiro atoms. The first-order chi connectivity index (χ1) is 18.7. The molecule has 1 unspecified atom stereocenters. The monoisotopic (exact) mass is 503 g/mol. The summed E-state index contributed by atoms with van der Waals surface area (Å²) in [7, 11) is 1.61. The van der Waals surface area contributed by atoms with Crippen LogP contribution in [0.1, 0.15) is 35.5 Å². The summed E-state index contributed by atoms with van der Waals surface area (Å²) in [6, 6.07) is 31.4. The molecule has 5 aromatic rings. The number of fused-ring (bicyclic) bond motifs is 3. The Morgan fingerprint density at radius 3 is 2.39 bits per heavy atom. The number of anilines is 1. The minimum atomic E-state index is -0.317. The Bertz CT molecular complexity index is 1570. The molecule has 3 aromatic carbocycles. The molecule has 1 N–H and O–H groups in total. The SMILES string of the molecule is CCc1nn(-c2ccccc2)c2c1CN(C(=O)Nc1ccccc1OC)C(c1ccccc1)c1cccn1-2. The van der Waals surface area contributed by atoms with Crippen molar-refractivity contribution in [3.8, 4) is 17.3 Å². The van der Waals surface area contributed by atoms with E-state index in [1.807, 2.05) is 76.3 Å². The van der Waals surface area contributed by atoms with Crippen LogP contribution >= 0.6 is 0 Å². The molecule has 0 fully saturated rings. The van der Waals surface area contributed by atoms with Crippen LogP contribution in [0.3, 0.4) is 0 Å². The first kappa shape index (κ1) is 23.6. The van der Waals surface area contributed by atoms with Crippen LogP contribution in [-0.4, -0.2) is 32.4 Å². The highest BCUT2D eigenvalue weighted by Gasteiger charge is 2.36. The third-order valence-electron chi connectivity index (χ3n) is 7.03. The highest BCUT2D eigenvalue weighted by molar-refractivity contribution is 5.91. The average Bonchev–Trinajstić information content (AvgIpc) is 3.55. The van der Waals surface area contributed by atoms with Crippen molar-refractivity contribution >= 4 is 11.7 Å². The molecule has 3 heterocycles. The fraction of sp³-hybridized carbons (Fsp3) is 0.161. The van der Waals surface area contributed by atoms with E-state index in [2.05, 4.69) is 53.3 Å². The number of nitrogens with one attached hydrogen (secondary N) is 1. The Morgan fingerprint density at radius 1 is 0.947 bits per heavy atom. The molecule has 7 nitrogen and oxygen atoms in total. The lowest BCUT2D eigenvalue weighted by Gasteiger charge is -2.31. The number of amides is 2. The second-order valence-corrected chi connectivity index (χ2v) is 9.22. The number of rotatable bonds is 5. The minimum Gasteiger partial charge on any atom is -0.495 e. The van der Waals surface area contributed by atoms with Crippen LogP contribution in [0.4, 0.5) is 10.5 Å². The molecule has 2 amide bonds. The number of ether oxygens (including phenoxy) is 1. The van der Waals surface area contributed by atoms with Gasteiger partial charge in [-0.3, -0.25) is 0 Å². The van der Waals surface area contributed by atoms with Crippen LogP contribution < -0.4 is 10.1 Å². The van der Waals surface area contributed by atoms with Crippen LogP contribution in [0.2, 0.25) is 0 Å². The fourth-order valence-electron chi connectivity index (χ4n) is 5.27. The number of methoxy groups -OCH3 is 1. The zero-order valence-corrected chi connectivity index (χ0v) is 21.4. The van der Waals surface area contributed by atoms with Crippen LogP contribution in [-0.2, 0) is 13.0 Å². The number of benzene rings is 3. The fourth-order valence-corrected chi connectivity index (χ4v) is 5.27. The van der Waals surface area contributed by atoms with Gasteiger partial charge in [0.2, 0.25) is 0 Å². The van der Waals surface area contributed by atoms with Gasteiger partial charge >= 0.3 is 6.03 Å². The van der Waals surface area contributed by atoms with Crippen molar-refractivity contribution in [2.45, 2.75) is 25.9 Å². The van der Waals surface area contributed by atoms with Gasteiger partial charge in [-0.2, -0.15) is 5.10 Å². The Labute approximate surface area is 221 Å². The lowest BCUT2D eigenvalue weighted by molar-refractivity contribution is 0.194. The van der Waals surface area contributed by atoms with Crippen LogP contribution in [0.5, 0.6) is 5.75 Å². The Kier molecular flexibility index (Phi) is 6.17. The first-order valence-electron chi connectivity index (χ1n) is 12.8. The molecule has 0 saturated carbocycles. The van der Waals surface area contributed by atoms with E-state index in [1.54, 1.807) is 7.11 Å². The normalized spacial score (nSPS) is 14.4. The number of urea groups is 1. The number of carbonyl (C=O) groups is 1. The number of hydrogen-bond acceptors (Lipinski definition) is 3. The molecular weight excluding hydrogens is 474 g/mol. The van der Waals surface area contributed by atoms with Gasteiger partial charge in [-0.1, -0.05) is 67.6 Å². The van der Waals surface area contributed by atoms with Gasteiger partial charge in [0.05, 0.1) is 42.5 Å². The van der Waals surface area contributed by atoms with Gasteiger partial charge < -0.3 is 19.5 Å². The maximum Gasteiger partial charge on any atom is 0.323 e. The molecule has 0 radical (unpaired) electrons. The average molecular weight is 504 g/mol. The number of aromatic nitrogens is 3. The Hall–Kier alpha value is -4.78. The van der Waals surface area contributed by atoms with Gasteiger partial charge in [0, 0.05) is 11.8 Å². The summed E-state index contributed by atoms with van der Waals surface area (Å²) < 4.78 is 9.69. The molecule has 190 valence electrons. The molecule has 1 atom stereocenters. The number of nitrogens with zero attached hydrogens (tertiary/aromatic N) is 4. The molecule has 2 aromatic heterocycles. The molecule has 1 aliphatic rings. The molecule has 0 saturated heterocycles. The number of carbonyl (C=O) groups excluding carboxylic acids is 1. The van der Waals surface area contributed by atoms with Crippen LogP contribution in [0.25, 0.3) is 11.5 Å². The zero-order valence-electron chi connectivity index (χ0n) is 21.4. The van der Waals surface area contributed by atoms with E-state index in [0.717, 1.165) is 40.4 Å². The van der Waals surface area contributed by atoms with Crippen LogP contribution in [0.15, 0.2) is 103 Å². The predicted octanol–water partition coefficient (Wildman–Crippen LogP) is 6.37. The molecular formula is C31H29N5O2. The highest BCUT2D eigenvalue weighted by Crippen LogP contribution is 2.39. The van der Waals surface area contributed by atoms with Crippen molar-refractivity contribution in [1.29, 1.82) is 0 Å². The lowest BCUT2D eigenvalue weighted by Crippen LogP contribution is -2.38. The number of para-hydroxylation sites is 3. The van der Waals surface area contributed by atoms with Crippen molar-refractivity contribution in [2.24, 2.45) is 0 Å². The Morgan fingerprint density at radius 2 is 1.66 bits per heavy atom. The summed E-state index contributed by atoms with van der Waals surface area (Å²) in [5, 5.41) is 8.14. The number of hydrogen-bond donors (Lipinski definition) is 1. The number of aryl methyl sites for hydroxylation is 1. The lowest BCUT2D eigenvalue weighted by atomic mass is 10.0. The summed E-state index contributed by atoms with van der Waals surface area (Å²) >= 11 is 0. The zero-order chi connectivity index (χ0) is 26.1. The first-order valence-corrected chi connectivity index (χ1v) is 12.8. The third-order valence-corrected chi connectivity index (χ3v) is 7.03. The molecule has 0 aliphatic carbocycles. The van der Waals surface area contributed by atoms with E-state index < -0.39 is 0 Å². The van der Waals surface area contributed by atoms with Crippen molar-refractivity contribution in [1.82, 2.24) is 19.2 Å². The van der Waals surface area contributed by atoms with E-state index >= 15 is 0 Å². The van der Waals surface area contributed by atoms with E-state index in [0.29, 0.717) is 18.0 Å². The van der Waals surface area contributed by atoms with Gasteiger partial charge in [0.25, 0.3) is 0 Å². The summed E-state index contributed by atoms with van der Waals surface area (Å²) in [5.41, 5.74) is 5.62. The quantitative estimate of drug-likeness (QED) is 0.303. The molecule has 0 bridgehead atoms. The van der Waals surface area contributed by atoms with E-state index in [-0.39, 0.29) is 12.1 Å². The third kappa shape index (κ3) is 4.02. The molecule has 1 aliphatic heterocycles. The van der Waals surface area contributed by atoms with E-state index in [1.165, 1.54) is 0 Å². The topological polar surface area (TPSA) is 64.3 Å². The summed E-state index contributed by atoms with van der Waals surface area (Å²) in [6.07, 6.45) is 2.81. The smallest absolute Gasteiger partial charge is 0.323 e. The maximum atomic E-state index is 14.1. The highest BCUT2D eigenvalue weighted by atomic mass is 16.5. The van der Waals surface area contributed by atoms with Gasteiger partial charge in [0.15, 0.2) is 0 Å². The minimum absolute atomic E-state index is 0.210. The standard InChI is InChI=1S/C31H29N5O2/c1-3-25-24-21-35(31(37)32-26-17-10-11-19-28(26)38-2)29(22-13-6-4-7-14-22)27-18-12-20-34(27)30(24)36(33-25)23-15-8-5-9-16-23/h4-20,29H,3,21H2,1-2H3,(H,32,37). The molecule has 7 heteroatoms. The van der Waals surface area contributed by atoms with E-state index in [4.69, 9.17) is 9.84 Å². The van der Waals surface area contributed by atoms with Gasteiger partial charge in [-0.15, -0.1) is 0 Å². The second kappa shape index (κ2) is 9.94. The largest absolute Gasteiger partial charge is 0.495 e. The predicted molar refractivity (Wildman–Crippen MR) is 148 cm³/mol. The van der Waals surface area contributed by atoms with Gasteiger partial charge in [0.1, 0.15) is 11.6 Å². The maximum absolute atomic E-state index is 14.1. The van der Waals surface area contributed by atoms with Gasteiger partial charge in [-0.05, 0) is 48.4 Å². The van der Waals surface area contributed by atoms with Crippen molar-refractivity contribution in [3.63, 3.8) is 0 Å². The second-order valence-electron chi connectivity index (χ2n) is 9.22. The van der Waals surface area contributed by atoms with E-state index in [9.17, 15) is 4.79 Å². The summed E-state index contributed by atoms with van der Waals surface area (Å²) in [4.78, 5) is 16.0. The van der Waals surface area contributed by atoms with Crippen molar-refractivity contribution in [2.75, 3.05) is 12.4 Å². The molecule has 6 rings (SSSR count).